The van der Waals surface area contributed by atoms with Gasteiger partial charge in [-0.3, -0.25) is 0 Å². The van der Waals surface area contributed by atoms with Gasteiger partial charge in [0.05, 0.1) is 12.3 Å². The zero-order valence-corrected chi connectivity index (χ0v) is 23.3. The van der Waals surface area contributed by atoms with E-state index in [0.29, 0.717) is 37.8 Å². The normalized spacial score (nSPS) is 15.6. The number of piperidine rings is 1. The van der Waals surface area contributed by atoms with Crippen molar-refractivity contribution in [2.45, 2.75) is 37.5 Å². The minimum absolute atomic E-state index is 0.529. The molecule has 2 aromatic carbocycles. The molecule has 0 spiro atoms. The Kier molecular flexibility index (Phi) is 12.6. The van der Waals surface area contributed by atoms with Crippen LogP contribution in [0.2, 0.25) is 0 Å². The lowest BCUT2D eigenvalue weighted by Gasteiger charge is -2.38. The van der Waals surface area contributed by atoms with Gasteiger partial charge >= 0.3 is 11.9 Å². The number of aliphatic imine (C=N–C) groups is 1. The van der Waals surface area contributed by atoms with Crippen LogP contribution in [0.4, 0.5) is 14.5 Å². The molecule has 2 N–H and O–H groups in total. The number of aliphatic carboxylic acids is 2. The Morgan fingerprint density at radius 2 is 1.77 bits per heavy atom. The summed E-state index contributed by atoms with van der Waals surface area (Å²) in [6, 6.07) is 13.0. The van der Waals surface area contributed by atoms with Crippen LogP contribution in [0.25, 0.3) is 0 Å². The van der Waals surface area contributed by atoms with Crippen LogP contribution in [-0.4, -0.2) is 83.1 Å². The summed E-state index contributed by atoms with van der Waals surface area (Å²) in [5.41, 5.74) is 3.19. The van der Waals surface area contributed by atoms with Crippen molar-refractivity contribution in [2.24, 2.45) is 4.99 Å². The van der Waals surface area contributed by atoms with Gasteiger partial charge in [0.25, 0.3) is 0 Å². The lowest BCUT2D eigenvalue weighted by molar-refractivity contribution is -0.134. The molecule has 0 bridgehead atoms. The fourth-order valence-electron chi connectivity index (χ4n) is 4.41. The number of amidine groups is 1. The summed E-state index contributed by atoms with van der Waals surface area (Å²) >= 11 is 1.84. The van der Waals surface area contributed by atoms with Gasteiger partial charge in [-0.15, -0.1) is 0 Å². The molecule has 8 nitrogen and oxygen atoms in total. The second kappa shape index (κ2) is 16.1. The van der Waals surface area contributed by atoms with Gasteiger partial charge < -0.3 is 24.7 Å². The summed E-state index contributed by atoms with van der Waals surface area (Å²) in [4.78, 5) is 28.9. The number of fused-ring (bicyclic) bond motifs is 1. The summed E-state index contributed by atoms with van der Waals surface area (Å²) in [5.74, 6) is -3.12. The van der Waals surface area contributed by atoms with Crippen molar-refractivity contribution >= 4 is 34.6 Å². The highest BCUT2D eigenvalue weighted by molar-refractivity contribution is 8.13. The molecule has 4 rings (SSSR count). The molecule has 0 radical (unpaired) electrons. The fourth-order valence-corrected chi connectivity index (χ4v) is 5.45. The highest BCUT2D eigenvalue weighted by atomic mass is 32.2. The average Bonchev–Trinajstić information content (AvgIpc) is 2.95. The van der Waals surface area contributed by atoms with Crippen LogP contribution in [0.3, 0.4) is 0 Å². The largest absolute Gasteiger partial charge is 0.478 e. The second-order valence-corrected chi connectivity index (χ2v) is 10.4. The van der Waals surface area contributed by atoms with E-state index in [2.05, 4.69) is 41.1 Å². The lowest BCUT2D eigenvalue weighted by Crippen LogP contribution is -2.45. The highest BCUT2D eigenvalue weighted by Gasteiger charge is 2.26. The van der Waals surface area contributed by atoms with Crippen molar-refractivity contribution < 1.29 is 33.3 Å². The van der Waals surface area contributed by atoms with Gasteiger partial charge in [-0.25, -0.2) is 23.4 Å². The van der Waals surface area contributed by atoms with Crippen LogP contribution in [0.5, 0.6) is 0 Å². The molecule has 0 aliphatic carbocycles. The molecule has 2 heterocycles. The van der Waals surface area contributed by atoms with Gasteiger partial charge in [0.2, 0.25) is 0 Å². The van der Waals surface area contributed by atoms with Crippen LogP contribution < -0.4 is 0 Å². The number of hydrogen-bond donors (Lipinski definition) is 2. The van der Waals surface area contributed by atoms with Crippen LogP contribution >= 0.6 is 11.8 Å². The van der Waals surface area contributed by atoms with Crippen LogP contribution in [0, 0.1) is 11.6 Å². The molecule has 40 heavy (non-hydrogen) atoms. The molecule has 2 aromatic rings. The van der Waals surface area contributed by atoms with Gasteiger partial charge in [-0.05, 0) is 55.0 Å². The van der Waals surface area contributed by atoms with Crippen molar-refractivity contribution in [1.29, 1.82) is 0 Å². The number of halogens is 2. The molecule has 2 aliphatic heterocycles. The number of hydrogen-bond acceptors (Lipinski definition) is 7. The number of carboxylic acids is 2. The Bertz CT molecular complexity index is 1190. The molecule has 11 heteroatoms. The topological polar surface area (TPSA) is 103 Å². The first-order valence-corrected chi connectivity index (χ1v) is 14.1. The highest BCUT2D eigenvalue weighted by Crippen LogP contribution is 2.32. The van der Waals surface area contributed by atoms with E-state index in [9.17, 15) is 18.4 Å². The molecule has 0 amide bonds. The molecule has 2 aliphatic rings. The molecule has 0 aromatic heterocycles. The van der Waals surface area contributed by atoms with E-state index >= 15 is 0 Å². The minimum atomic E-state index is -1.26. The Hall–Kier alpha value is -3.28. The van der Waals surface area contributed by atoms with Crippen molar-refractivity contribution in [3.63, 3.8) is 0 Å². The molecular weight excluding hydrogens is 540 g/mol. The first-order chi connectivity index (χ1) is 19.2. The first kappa shape index (κ1) is 31.3. The SMILES string of the molecule is CN(C1=Nc2ccccc2CS1)C1CCN(CCCOCCc2ccc(F)c(F)c2)CC1.O=C(O)/C=C/C(=O)O. The smallest absolute Gasteiger partial charge is 0.328 e. The molecule has 1 fully saturated rings. The van der Waals surface area contributed by atoms with Gasteiger partial charge in [0.1, 0.15) is 0 Å². The maximum Gasteiger partial charge on any atom is 0.328 e. The summed E-state index contributed by atoms with van der Waals surface area (Å²) in [5, 5.41) is 16.8. The van der Waals surface area contributed by atoms with Gasteiger partial charge in [0, 0.05) is 57.2 Å². The zero-order valence-electron chi connectivity index (χ0n) is 22.5. The summed E-state index contributed by atoms with van der Waals surface area (Å²) < 4.78 is 31.9. The number of likely N-dealkylation sites (tertiary alicyclic amines) is 1. The van der Waals surface area contributed by atoms with E-state index in [1.165, 1.54) is 17.7 Å². The maximum atomic E-state index is 13.2. The van der Waals surface area contributed by atoms with E-state index in [1.807, 2.05) is 11.8 Å². The molecular formula is C29H35F2N3O5S. The van der Waals surface area contributed by atoms with Gasteiger partial charge in [-0.2, -0.15) is 0 Å². The summed E-state index contributed by atoms with van der Waals surface area (Å²) in [6.07, 6.45) is 4.99. The quantitative estimate of drug-likeness (QED) is 0.303. The standard InChI is InChI=1S/C25H31F2N3OS.C4H4O4/c1-29(25-28-24-6-3-2-5-20(24)18-32-25)21-9-13-30(14-10-21)12-4-15-31-16-11-19-7-8-22(26)23(27)17-19;5-3(6)1-2-4(7)8/h2-3,5-8,17,21H,4,9-16,18H2,1H3;1-2H,(H,5,6)(H,7,8)/b;2-1+. The number of benzene rings is 2. The Labute approximate surface area is 237 Å². The van der Waals surface area contributed by atoms with Gasteiger partial charge in [-0.1, -0.05) is 36.0 Å². The van der Waals surface area contributed by atoms with E-state index in [1.54, 1.807) is 6.07 Å². The lowest BCUT2D eigenvalue weighted by atomic mass is 10.0. The third kappa shape index (κ3) is 10.4. The van der Waals surface area contributed by atoms with Crippen LogP contribution in [-0.2, 0) is 26.5 Å². The van der Waals surface area contributed by atoms with Crippen LogP contribution in [0.1, 0.15) is 30.4 Å². The zero-order chi connectivity index (χ0) is 28.9. The third-order valence-electron chi connectivity index (χ3n) is 6.62. The Morgan fingerprint density at radius 3 is 2.45 bits per heavy atom. The molecule has 0 unspecified atom stereocenters. The van der Waals surface area contributed by atoms with E-state index in [-0.39, 0.29) is 0 Å². The van der Waals surface area contributed by atoms with Crippen molar-refractivity contribution in [3.8, 4) is 0 Å². The number of ether oxygens (including phenoxy) is 1. The second-order valence-electron chi connectivity index (χ2n) is 9.47. The predicted molar refractivity (Wildman–Crippen MR) is 152 cm³/mol. The molecule has 1 saturated heterocycles. The number of para-hydroxylation sites is 1. The summed E-state index contributed by atoms with van der Waals surface area (Å²) in [7, 11) is 2.18. The third-order valence-corrected chi connectivity index (χ3v) is 7.71. The minimum Gasteiger partial charge on any atom is -0.478 e. The van der Waals surface area contributed by atoms with Gasteiger partial charge in [0.15, 0.2) is 16.8 Å². The average molecular weight is 576 g/mol. The van der Waals surface area contributed by atoms with E-state index < -0.39 is 23.6 Å². The number of carboxylic acid groups (broad SMARTS) is 2. The molecule has 0 saturated carbocycles. The Balaban J connectivity index is 0.000000482. The van der Waals surface area contributed by atoms with E-state index in [4.69, 9.17) is 19.9 Å². The molecule has 216 valence electrons. The van der Waals surface area contributed by atoms with Crippen molar-refractivity contribution in [3.05, 3.63) is 77.4 Å². The molecule has 0 atom stereocenters. The summed E-state index contributed by atoms with van der Waals surface area (Å²) in [6.45, 7) is 4.44. The maximum absolute atomic E-state index is 13.2. The first-order valence-electron chi connectivity index (χ1n) is 13.1. The monoisotopic (exact) mass is 575 g/mol. The number of rotatable bonds is 10. The predicted octanol–water partition coefficient (Wildman–Crippen LogP) is 4.96. The number of carbonyl (C=O) groups is 2. The number of nitrogens with zero attached hydrogens (tertiary/aromatic N) is 3. The van der Waals surface area contributed by atoms with Crippen molar-refractivity contribution in [2.75, 3.05) is 39.9 Å². The number of thioether (sulfide) groups is 1. The van der Waals surface area contributed by atoms with E-state index in [0.717, 1.165) is 61.1 Å². The van der Waals surface area contributed by atoms with Crippen molar-refractivity contribution in [1.82, 2.24) is 9.80 Å². The Morgan fingerprint density at radius 1 is 1.07 bits per heavy atom. The fraction of sp³-hybridized carbons (Fsp3) is 0.414. The van der Waals surface area contributed by atoms with Crippen LogP contribution in [0.15, 0.2) is 59.6 Å².